The molecule has 2 aromatic rings. The molecule has 3 heterocycles. The van der Waals surface area contributed by atoms with Gasteiger partial charge in [0, 0.05) is 38.9 Å². The van der Waals surface area contributed by atoms with Gasteiger partial charge in [-0.05, 0) is 6.07 Å². The lowest BCUT2D eigenvalue weighted by Gasteiger charge is -2.26. The minimum Gasteiger partial charge on any atom is -0.505 e. The van der Waals surface area contributed by atoms with Gasteiger partial charge in [0.15, 0.2) is 5.75 Å². The summed E-state index contributed by atoms with van der Waals surface area (Å²) in [7, 11) is 0. The Morgan fingerprint density at radius 1 is 1.38 bits per heavy atom. The molecule has 4 nitrogen and oxygen atoms in total. The van der Waals surface area contributed by atoms with Gasteiger partial charge in [0.1, 0.15) is 0 Å². The van der Waals surface area contributed by atoms with E-state index in [1.165, 1.54) is 0 Å². The predicted octanol–water partition coefficient (Wildman–Crippen LogP) is 1.34. The molecule has 1 saturated heterocycles. The maximum Gasteiger partial charge on any atom is 0.154 e. The number of thiophene rings is 1. The molecule has 5 heteroatoms. The fourth-order valence-electron chi connectivity index (χ4n) is 2.13. The lowest BCUT2D eigenvalue weighted by molar-refractivity contribution is 0.233. The number of aromatic nitrogens is 1. The summed E-state index contributed by atoms with van der Waals surface area (Å²) in [4.78, 5) is 6.52. The Bertz CT molecular complexity index is 484. The van der Waals surface area contributed by atoms with Gasteiger partial charge in [0.25, 0.3) is 0 Å². The Labute approximate surface area is 97.9 Å². The largest absolute Gasteiger partial charge is 0.505 e. The van der Waals surface area contributed by atoms with Gasteiger partial charge in [-0.25, -0.2) is 0 Å². The van der Waals surface area contributed by atoms with Crippen LogP contribution in [0.15, 0.2) is 12.3 Å². The molecule has 0 saturated carbocycles. The summed E-state index contributed by atoms with van der Waals surface area (Å²) in [6.07, 6.45) is 1.87. The third-order valence-corrected chi connectivity index (χ3v) is 4.15. The molecule has 2 aromatic heterocycles. The molecule has 0 radical (unpaired) electrons. The summed E-state index contributed by atoms with van der Waals surface area (Å²) >= 11 is 1.68. The first-order valence-corrected chi connectivity index (χ1v) is 6.37. The van der Waals surface area contributed by atoms with Gasteiger partial charge >= 0.3 is 0 Å². The van der Waals surface area contributed by atoms with E-state index in [1.54, 1.807) is 11.3 Å². The van der Waals surface area contributed by atoms with E-state index in [1.807, 2.05) is 12.3 Å². The molecule has 3 N–H and O–H groups in total. The Balaban J connectivity index is 1.82. The molecule has 0 unspecified atom stereocenters. The van der Waals surface area contributed by atoms with Crippen molar-refractivity contribution in [2.45, 2.75) is 6.54 Å². The van der Waals surface area contributed by atoms with E-state index >= 15 is 0 Å². The van der Waals surface area contributed by atoms with E-state index in [2.05, 4.69) is 15.2 Å². The first-order valence-electron chi connectivity index (χ1n) is 5.55. The van der Waals surface area contributed by atoms with E-state index in [-0.39, 0.29) is 0 Å². The molecule has 1 fully saturated rings. The number of piperazine rings is 1. The zero-order valence-electron chi connectivity index (χ0n) is 8.99. The molecule has 0 amide bonds. The highest BCUT2D eigenvalue weighted by atomic mass is 32.1. The van der Waals surface area contributed by atoms with E-state index in [4.69, 9.17) is 0 Å². The van der Waals surface area contributed by atoms with Gasteiger partial charge in [0.2, 0.25) is 0 Å². The van der Waals surface area contributed by atoms with Crippen LogP contribution in [0.3, 0.4) is 0 Å². The molecular formula is C11H15N3OS. The van der Waals surface area contributed by atoms with Crippen molar-refractivity contribution in [3.05, 3.63) is 17.1 Å². The zero-order chi connectivity index (χ0) is 11.0. The molecular weight excluding hydrogens is 222 g/mol. The van der Waals surface area contributed by atoms with Crippen molar-refractivity contribution in [1.82, 2.24) is 15.2 Å². The molecule has 3 rings (SSSR count). The molecule has 16 heavy (non-hydrogen) atoms. The molecule has 1 aliphatic heterocycles. The lowest BCUT2D eigenvalue weighted by atomic mass is 10.3. The van der Waals surface area contributed by atoms with Crippen molar-refractivity contribution in [3.8, 4) is 5.75 Å². The highest BCUT2D eigenvalue weighted by molar-refractivity contribution is 7.19. The second-order valence-corrected chi connectivity index (χ2v) is 5.25. The van der Waals surface area contributed by atoms with Gasteiger partial charge in [0.05, 0.1) is 15.1 Å². The highest BCUT2D eigenvalue weighted by Crippen LogP contribution is 2.36. The predicted molar refractivity (Wildman–Crippen MR) is 66.0 cm³/mol. The normalized spacial score (nSPS) is 18.2. The maximum absolute atomic E-state index is 10.0. The van der Waals surface area contributed by atoms with Gasteiger partial charge in [-0.15, -0.1) is 11.3 Å². The average molecular weight is 237 g/mol. The number of aromatic hydroxyl groups is 1. The number of rotatable bonds is 2. The van der Waals surface area contributed by atoms with Crippen LogP contribution < -0.4 is 5.32 Å². The Kier molecular flexibility index (Phi) is 2.59. The topological polar surface area (TPSA) is 51.3 Å². The van der Waals surface area contributed by atoms with Crippen molar-refractivity contribution in [2.75, 3.05) is 26.2 Å². The van der Waals surface area contributed by atoms with E-state index in [0.717, 1.165) is 47.8 Å². The van der Waals surface area contributed by atoms with Crippen LogP contribution in [0.25, 0.3) is 10.2 Å². The molecule has 86 valence electrons. The minimum atomic E-state index is 0.434. The fraction of sp³-hybridized carbons (Fsp3) is 0.455. The van der Waals surface area contributed by atoms with E-state index in [9.17, 15) is 5.11 Å². The van der Waals surface area contributed by atoms with Crippen LogP contribution in [0.5, 0.6) is 5.75 Å². The first-order chi connectivity index (χ1) is 7.84. The number of hydrogen-bond donors (Lipinski definition) is 3. The van der Waals surface area contributed by atoms with Crippen molar-refractivity contribution in [1.29, 1.82) is 0 Å². The zero-order valence-corrected chi connectivity index (χ0v) is 9.81. The SMILES string of the molecule is Oc1c(CN2CCNCC2)sc2cc[nH]c12. The fourth-order valence-corrected chi connectivity index (χ4v) is 3.23. The number of H-pyrrole nitrogens is 1. The Hall–Kier alpha value is -1.04. The van der Waals surface area contributed by atoms with Crippen molar-refractivity contribution < 1.29 is 5.11 Å². The van der Waals surface area contributed by atoms with Crippen LogP contribution in [0.1, 0.15) is 4.88 Å². The summed E-state index contributed by atoms with van der Waals surface area (Å²) in [6, 6.07) is 2.01. The third kappa shape index (κ3) is 1.71. The van der Waals surface area contributed by atoms with Gasteiger partial charge in [-0.2, -0.15) is 0 Å². The van der Waals surface area contributed by atoms with Crippen LogP contribution in [0.4, 0.5) is 0 Å². The van der Waals surface area contributed by atoms with Gasteiger partial charge < -0.3 is 15.4 Å². The smallest absolute Gasteiger partial charge is 0.154 e. The second-order valence-electron chi connectivity index (χ2n) is 4.12. The van der Waals surface area contributed by atoms with Crippen LogP contribution in [-0.2, 0) is 6.54 Å². The molecule has 1 aliphatic rings. The quantitative estimate of drug-likeness (QED) is 0.739. The summed E-state index contributed by atoms with van der Waals surface area (Å²) in [5, 5.41) is 13.4. The summed E-state index contributed by atoms with van der Waals surface area (Å²) in [5.74, 6) is 0.434. The first kappa shape index (κ1) is 10.1. The monoisotopic (exact) mass is 237 g/mol. The summed E-state index contributed by atoms with van der Waals surface area (Å²) < 4.78 is 1.14. The number of nitrogens with zero attached hydrogens (tertiary/aromatic N) is 1. The summed E-state index contributed by atoms with van der Waals surface area (Å²) in [6.45, 7) is 5.07. The molecule has 0 aliphatic carbocycles. The van der Waals surface area contributed by atoms with Gasteiger partial charge in [-0.1, -0.05) is 0 Å². The average Bonchev–Trinajstić information content (AvgIpc) is 2.86. The molecule has 0 spiro atoms. The summed E-state index contributed by atoms with van der Waals surface area (Å²) in [5.41, 5.74) is 0.884. The number of nitrogens with one attached hydrogen (secondary N) is 2. The standard InChI is InChI=1S/C11H15N3OS/c15-11-9(7-14-5-3-12-4-6-14)16-8-1-2-13-10(8)11/h1-2,12-13,15H,3-7H2. The third-order valence-electron chi connectivity index (χ3n) is 3.02. The van der Waals surface area contributed by atoms with Crippen LogP contribution >= 0.6 is 11.3 Å². The van der Waals surface area contributed by atoms with Crippen LogP contribution in [0, 0.1) is 0 Å². The second kappa shape index (κ2) is 4.08. The van der Waals surface area contributed by atoms with Crippen LogP contribution in [-0.4, -0.2) is 41.2 Å². The molecule has 0 bridgehead atoms. The van der Waals surface area contributed by atoms with Gasteiger partial charge in [-0.3, -0.25) is 4.90 Å². The van der Waals surface area contributed by atoms with Crippen molar-refractivity contribution in [3.63, 3.8) is 0 Å². The van der Waals surface area contributed by atoms with Crippen LogP contribution in [0.2, 0.25) is 0 Å². The number of aromatic amines is 1. The molecule has 0 aromatic carbocycles. The lowest BCUT2D eigenvalue weighted by Crippen LogP contribution is -2.42. The highest BCUT2D eigenvalue weighted by Gasteiger charge is 2.16. The number of hydrogen-bond acceptors (Lipinski definition) is 4. The van der Waals surface area contributed by atoms with E-state index < -0.39 is 0 Å². The minimum absolute atomic E-state index is 0.434. The molecule has 0 atom stereocenters. The van der Waals surface area contributed by atoms with Crippen molar-refractivity contribution in [2.24, 2.45) is 0 Å². The number of fused-ring (bicyclic) bond motifs is 1. The van der Waals surface area contributed by atoms with Crippen molar-refractivity contribution >= 4 is 21.6 Å². The maximum atomic E-state index is 10.0. The Morgan fingerprint density at radius 2 is 2.19 bits per heavy atom. The van der Waals surface area contributed by atoms with E-state index in [0.29, 0.717) is 5.75 Å². The Morgan fingerprint density at radius 3 is 2.94 bits per heavy atom.